The van der Waals surface area contributed by atoms with Crippen molar-refractivity contribution in [3.63, 3.8) is 0 Å². The van der Waals surface area contributed by atoms with Crippen LogP contribution in [-0.2, 0) is 4.79 Å². The second-order valence-corrected chi connectivity index (χ2v) is 3.99. The number of nitrogens with one attached hydrogen (secondary N) is 1. The van der Waals surface area contributed by atoms with Crippen LogP contribution in [0.5, 0.6) is 0 Å². The molecule has 0 aromatic heterocycles. The van der Waals surface area contributed by atoms with Crippen LogP contribution in [0.2, 0.25) is 0 Å². The summed E-state index contributed by atoms with van der Waals surface area (Å²) in [7, 11) is 3.95. The van der Waals surface area contributed by atoms with Gasteiger partial charge in [0.1, 0.15) is 6.04 Å². The smallest absolute Gasteiger partial charge is 0.302 e. The quantitative estimate of drug-likeness (QED) is 0.608. The number of hydrogen-bond donors (Lipinski definition) is 1. The summed E-state index contributed by atoms with van der Waals surface area (Å²) in [6.45, 7) is 3.92. The first kappa shape index (κ1) is 9.68. The molecule has 70 valence electrons. The molecule has 1 aliphatic rings. The lowest BCUT2D eigenvalue weighted by Crippen LogP contribution is -2.53. The van der Waals surface area contributed by atoms with Crippen molar-refractivity contribution in [1.29, 1.82) is 0 Å². The highest BCUT2D eigenvalue weighted by atomic mass is 16.2. The first-order valence-corrected chi connectivity index (χ1v) is 4.68. The molecular weight excluding hydrogens is 152 g/mol. The highest BCUT2D eigenvalue weighted by Crippen LogP contribution is 2.11. The molecule has 3 nitrogen and oxygen atoms in total. The zero-order chi connectivity index (χ0) is 9.19. The molecular formula is C9H19N2O+. The van der Waals surface area contributed by atoms with Crippen LogP contribution in [0, 0.1) is 0 Å². The molecule has 12 heavy (non-hydrogen) atoms. The Labute approximate surface area is 74.3 Å². The van der Waals surface area contributed by atoms with Gasteiger partial charge in [0.25, 0.3) is 0 Å². The van der Waals surface area contributed by atoms with Crippen molar-refractivity contribution in [2.75, 3.05) is 27.2 Å². The Hall–Kier alpha value is -0.410. The van der Waals surface area contributed by atoms with Gasteiger partial charge in [0.15, 0.2) is 0 Å². The molecule has 1 N–H and O–H groups in total. The third-order valence-electron chi connectivity index (χ3n) is 2.75. The largest absolute Gasteiger partial charge is 0.330 e. The van der Waals surface area contributed by atoms with E-state index in [-0.39, 0.29) is 6.04 Å². The summed E-state index contributed by atoms with van der Waals surface area (Å²) < 4.78 is 0.498. The van der Waals surface area contributed by atoms with E-state index in [0.717, 1.165) is 25.9 Å². The predicted octanol–water partition coefficient (Wildman–Crippen LogP) is 0.361. The Morgan fingerprint density at radius 1 is 1.58 bits per heavy atom. The second kappa shape index (κ2) is 3.54. The van der Waals surface area contributed by atoms with E-state index < -0.39 is 0 Å². The van der Waals surface area contributed by atoms with E-state index in [1.54, 1.807) is 0 Å². The molecule has 0 radical (unpaired) electrons. The highest BCUT2D eigenvalue weighted by molar-refractivity contribution is 5.75. The van der Waals surface area contributed by atoms with Gasteiger partial charge in [0.2, 0.25) is 0 Å². The Balaban J connectivity index is 2.56. The van der Waals surface area contributed by atoms with Gasteiger partial charge in [0.05, 0.1) is 20.6 Å². The predicted molar refractivity (Wildman–Crippen MR) is 48.7 cm³/mol. The zero-order valence-electron chi connectivity index (χ0n) is 8.26. The van der Waals surface area contributed by atoms with E-state index in [1.165, 1.54) is 0 Å². The van der Waals surface area contributed by atoms with Crippen LogP contribution in [0.1, 0.15) is 19.8 Å². The fourth-order valence-electron chi connectivity index (χ4n) is 1.47. The van der Waals surface area contributed by atoms with Gasteiger partial charge in [-0.1, -0.05) is 0 Å². The molecule has 0 aromatic carbocycles. The van der Waals surface area contributed by atoms with Gasteiger partial charge < -0.3 is 5.32 Å². The zero-order valence-corrected chi connectivity index (χ0v) is 8.26. The van der Waals surface area contributed by atoms with Crippen molar-refractivity contribution in [3.05, 3.63) is 0 Å². The monoisotopic (exact) mass is 171 g/mol. The van der Waals surface area contributed by atoms with E-state index in [2.05, 4.69) is 5.32 Å². The van der Waals surface area contributed by atoms with Crippen LogP contribution in [0.4, 0.5) is 0 Å². The first-order valence-electron chi connectivity index (χ1n) is 4.68. The summed E-state index contributed by atoms with van der Waals surface area (Å²) in [6.07, 6.45) is 2.15. The molecule has 1 heterocycles. The maximum atomic E-state index is 11.8. The number of likely N-dealkylation sites (N-methyl/N-ethyl adjacent to an activating group) is 1. The van der Waals surface area contributed by atoms with Crippen molar-refractivity contribution in [2.24, 2.45) is 0 Å². The van der Waals surface area contributed by atoms with E-state index in [4.69, 9.17) is 0 Å². The van der Waals surface area contributed by atoms with Crippen LogP contribution in [0.15, 0.2) is 0 Å². The van der Waals surface area contributed by atoms with Crippen molar-refractivity contribution in [1.82, 2.24) is 5.32 Å². The molecule has 1 atom stereocenters. The van der Waals surface area contributed by atoms with Crippen molar-refractivity contribution in [2.45, 2.75) is 25.8 Å². The van der Waals surface area contributed by atoms with Gasteiger partial charge in [-0.3, -0.25) is 4.48 Å². The first-order chi connectivity index (χ1) is 5.58. The van der Waals surface area contributed by atoms with Crippen molar-refractivity contribution in [3.8, 4) is 0 Å². The molecule has 3 heteroatoms. The number of quaternary nitrogens is 1. The van der Waals surface area contributed by atoms with E-state index >= 15 is 0 Å². The molecule has 1 fully saturated rings. The van der Waals surface area contributed by atoms with Crippen LogP contribution >= 0.6 is 0 Å². The standard InChI is InChI=1S/C9H19N2O/c1-4-11(2,3)9(12)8-6-5-7-10-8/h8,10H,4-7H2,1-3H3/q+1. The second-order valence-electron chi connectivity index (χ2n) is 3.99. The van der Waals surface area contributed by atoms with E-state index in [9.17, 15) is 4.79 Å². The molecule has 1 amide bonds. The molecule has 0 bridgehead atoms. The van der Waals surface area contributed by atoms with Gasteiger partial charge >= 0.3 is 5.91 Å². The lowest BCUT2D eigenvalue weighted by Gasteiger charge is -2.27. The molecule has 0 saturated carbocycles. The number of rotatable bonds is 2. The van der Waals surface area contributed by atoms with Gasteiger partial charge in [0, 0.05) is 0 Å². The van der Waals surface area contributed by atoms with Gasteiger partial charge in [-0.25, -0.2) is 4.79 Å². The summed E-state index contributed by atoms with van der Waals surface area (Å²) in [5, 5.41) is 3.23. The Bertz CT molecular complexity index is 171. The molecule has 0 spiro atoms. The fraction of sp³-hybridized carbons (Fsp3) is 0.889. The van der Waals surface area contributed by atoms with Crippen LogP contribution in [-0.4, -0.2) is 43.6 Å². The SMILES string of the molecule is CC[N+](C)(C)C(=O)C1CCCN1. The van der Waals surface area contributed by atoms with Crippen molar-refractivity contribution >= 4 is 5.91 Å². The van der Waals surface area contributed by atoms with Gasteiger partial charge in [-0.05, 0) is 26.3 Å². The lowest BCUT2D eigenvalue weighted by molar-refractivity contribution is -0.812. The minimum atomic E-state index is 0.111. The van der Waals surface area contributed by atoms with Gasteiger partial charge in [-0.15, -0.1) is 0 Å². The minimum absolute atomic E-state index is 0.111. The van der Waals surface area contributed by atoms with Gasteiger partial charge in [-0.2, -0.15) is 0 Å². The number of amides is 1. The van der Waals surface area contributed by atoms with Crippen molar-refractivity contribution < 1.29 is 9.28 Å². The summed E-state index contributed by atoms with van der Waals surface area (Å²) in [5.74, 6) is 0.329. The number of nitrogens with zero attached hydrogens (tertiary/aromatic N) is 1. The third kappa shape index (κ3) is 1.84. The Morgan fingerprint density at radius 3 is 2.67 bits per heavy atom. The van der Waals surface area contributed by atoms with Crippen LogP contribution < -0.4 is 5.32 Å². The third-order valence-corrected chi connectivity index (χ3v) is 2.75. The maximum absolute atomic E-state index is 11.8. The molecule has 0 aliphatic carbocycles. The molecule has 1 aliphatic heterocycles. The molecule has 1 rings (SSSR count). The van der Waals surface area contributed by atoms with E-state index in [1.807, 2.05) is 21.0 Å². The van der Waals surface area contributed by atoms with Crippen LogP contribution in [0.3, 0.4) is 0 Å². The summed E-state index contributed by atoms with van der Waals surface area (Å²) >= 11 is 0. The molecule has 1 saturated heterocycles. The topological polar surface area (TPSA) is 29.1 Å². The average Bonchev–Trinajstić information content (AvgIpc) is 2.55. The maximum Gasteiger partial charge on any atom is 0.330 e. The Kier molecular flexibility index (Phi) is 2.85. The average molecular weight is 171 g/mol. The summed E-state index contributed by atoms with van der Waals surface area (Å²) in [5.41, 5.74) is 0. The molecule has 0 aromatic rings. The molecule has 1 unspecified atom stereocenters. The summed E-state index contributed by atoms with van der Waals surface area (Å²) in [6, 6.07) is 0.111. The minimum Gasteiger partial charge on any atom is -0.302 e. The number of carbonyl (C=O) groups is 1. The summed E-state index contributed by atoms with van der Waals surface area (Å²) in [4.78, 5) is 11.8. The number of hydrogen-bond acceptors (Lipinski definition) is 2. The fourth-order valence-corrected chi connectivity index (χ4v) is 1.47. The van der Waals surface area contributed by atoms with Crippen LogP contribution in [0.25, 0.3) is 0 Å². The Morgan fingerprint density at radius 2 is 2.25 bits per heavy atom. The van der Waals surface area contributed by atoms with E-state index in [0.29, 0.717) is 10.4 Å². The normalized spacial score (nSPS) is 24.4. The number of carbonyl (C=O) groups excluding carboxylic acids is 1. The lowest BCUT2D eigenvalue weighted by atomic mass is 10.2. The highest BCUT2D eigenvalue weighted by Gasteiger charge is 2.34.